The van der Waals surface area contributed by atoms with Crippen LogP contribution in [0.5, 0.6) is 5.75 Å². The van der Waals surface area contributed by atoms with Crippen molar-refractivity contribution in [3.63, 3.8) is 0 Å². The molecule has 0 aliphatic carbocycles. The molecule has 136 valence electrons. The Morgan fingerprint density at radius 3 is 2.69 bits per heavy atom. The van der Waals surface area contributed by atoms with Crippen molar-refractivity contribution >= 4 is 51.1 Å². The Labute approximate surface area is 165 Å². The third kappa shape index (κ3) is 5.61. The van der Waals surface area contributed by atoms with E-state index in [2.05, 4.69) is 21.2 Å². The first-order chi connectivity index (χ1) is 12.4. The molecule has 0 bridgehead atoms. The van der Waals surface area contributed by atoms with E-state index in [1.54, 1.807) is 50.6 Å². The molecule has 0 aliphatic rings. The van der Waals surface area contributed by atoms with Crippen molar-refractivity contribution in [1.82, 2.24) is 4.90 Å². The number of anilines is 1. The van der Waals surface area contributed by atoms with Crippen LogP contribution in [0.25, 0.3) is 6.08 Å². The molecule has 2 aromatic carbocycles. The second-order valence-electron chi connectivity index (χ2n) is 5.44. The quantitative estimate of drug-likeness (QED) is 0.688. The third-order valence-electron chi connectivity index (χ3n) is 3.50. The maximum absolute atomic E-state index is 12.2. The van der Waals surface area contributed by atoms with Crippen LogP contribution in [0.3, 0.4) is 0 Å². The van der Waals surface area contributed by atoms with Crippen LogP contribution in [-0.4, -0.2) is 37.4 Å². The van der Waals surface area contributed by atoms with Gasteiger partial charge in [-0.15, -0.1) is 0 Å². The molecule has 2 amide bonds. The normalized spacial score (nSPS) is 10.6. The zero-order chi connectivity index (χ0) is 19.1. The number of methoxy groups -OCH3 is 1. The monoisotopic (exact) mass is 436 g/mol. The molecular weight excluding hydrogens is 420 g/mol. The van der Waals surface area contributed by atoms with Gasteiger partial charge >= 0.3 is 0 Å². The first kappa shape index (κ1) is 20.0. The summed E-state index contributed by atoms with van der Waals surface area (Å²) >= 11 is 9.39. The maximum Gasteiger partial charge on any atom is 0.246 e. The fourth-order valence-corrected chi connectivity index (χ4v) is 2.73. The Morgan fingerprint density at radius 2 is 2.00 bits per heavy atom. The van der Waals surface area contributed by atoms with Crippen molar-refractivity contribution in [1.29, 1.82) is 0 Å². The summed E-state index contributed by atoms with van der Waals surface area (Å²) in [6, 6.07) is 12.4. The van der Waals surface area contributed by atoms with Crippen molar-refractivity contribution in [2.75, 3.05) is 26.0 Å². The fraction of sp³-hybridized carbons (Fsp3) is 0.158. The first-order valence-corrected chi connectivity index (χ1v) is 8.89. The van der Waals surface area contributed by atoms with Crippen molar-refractivity contribution < 1.29 is 14.3 Å². The van der Waals surface area contributed by atoms with Gasteiger partial charge in [0.25, 0.3) is 0 Å². The predicted octanol–water partition coefficient (Wildman–Crippen LogP) is 4.22. The standard InChI is InChI=1S/C19H18BrClN2O3/c1-23(12-18(24)22-16-6-4-3-5-15(16)21)19(25)10-7-13-11-14(20)8-9-17(13)26-2/h3-11H,12H2,1-2H3,(H,22,24). The lowest BCUT2D eigenvalue weighted by molar-refractivity contribution is -0.129. The molecule has 2 aromatic rings. The number of carbonyl (C=O) groups excluding carboxylic acids is 2. The van der Waals surface area contributed by atoms with Gasteiger partial charge < -0.3 is 15.0 Å². The molecule has 0 atom stereocenters. The minimum Gasteiger partial charge on any atom is -0.496 e. The lowest BCUT2D eigenvalue weighted by Gasteiger charge is -2.15. The minimum absolute atomic E-state index is 0.0932. The summed E-state index contributed by atoms with van der Waals surface area (Å²) in [6.07, 6.45) is 3.04. The summed E-state index contributed by atoms with van der Waals surface area (Å²) in [4.78, 5) is 25.6. The van der Waals surface area contributed by atoms with Gasteiger partial charge in [-0.05, 0) is 36.4 Å². The topological polar surface area (TPSA) is 58.6 Å². The van der Waals surface area contributed by atoms with Crippen LogP contribution in [0, 0.1) is 0 Å². The summed E-state index contributed by atoms with van der Waals surface area (Å²) in [5, 5.41) is 3.12. The molecule has 7 heteroatoms. The van der Waals surface area contributed by atoms with Gasteiger partial charge in [-0.2, -0.15) is 0 Å². The number of hydrogen-bond donors (Lipinski definition) is 1. The molecule has 0 saturated heterocycles. The minimum atomic E-state index is -0.331. The number of hydrogen-bond acceptors (Lipinski definition) is 3. The number of amides is 2. The van der Waals surface area contributed by atoms with Gasteiger partial charge in [0.15, 0.2) is 0 Å². The molecule has 0 heterocycles. The van der Waals surface area contributed by atoms with E-state index in [1.165, 1.54) is 11.0 Å². The summed E-state index contributed by atoms with van der Waals surface area (Å²) in [5.74, 6) is 0.0140. The van der Waals surface area contributed by atoms with E-state index in [1.807, 2.05) is 12.1 Å². The number of likely N-dealkylation sites (N-methyl/N-ethyl adjacent to an activating group) is 1. The first-order valence-electron chi connectivity index (χ1n) is 7.72. The Hall–Kier alpha value is -2.31. The van der Waals surface area contributed by atoms with Gasteiger partial charge in [0.05, 0.1) is 24.4 Å². The van der Waals surface area contributed by atoms with Crippen LogP contribution in [0.15, 0.2) is 53.0 Å². The van der Waals surface area contributed by atoms with Gasteiger partial charge in [-0.25, -0.2) is 0 Å². The lowest BCUT2D eigenvalue weighted by atomic mass is 10.2. The number of halogens is 2. The van der Waals surface area contributed by atoms with Crippen LogP contribution in [0.1, 0.15) is 5.56 Å². The van der Waals surface area contributed by atoms with Gasteiger partial charge in [-0.1, -0.05) is 39.7 Å². The molecular formula is C19H18BrClN2O3. The van der Waals surface area contributed by atoms with Crippen LogP contribution < -0.4 is 10.1 Å². The molecule has 0 spiro atoms. The number of nitrogens with zero attached hydrogens (tertiary/aromatic N) is 1. The number of benzene rings is 2. The summed E-state index contributed by atoms with van der Waals surface area (Å²) in [6.45, 7) is -0.0932. The zero-order valence-corrected chi connectivity index (χ0v) is 16.7. The van der Waals surface area contributed by atoms with Gasteiger partial charge in [-0.3, -0.25) is 9.59 Å². The molecule has 0 aliphatic heterocycles. The van der Waals surface area contributed by atoms with E-state index in [0.717, 1.165) is 10.0 Å². The largest absolute Gasteiger partial charge is 0.496 e. The zero-order valence-electron chi connectivity index (χ0n) is 14.3. The summed E-state index contributed by atoms with van der Waals surface area (Å²) < 4.78 is 6.13. The van der Waals surface area contributed by atoms with Crippen LogP contribution in [-0.2, 0) is 9.59 Å². The molecule has 0 unspecified atom stereocenters. The molecule has 0 aromatic heterocycles. The van der Waals surface area contributed by atoms with Crippen molar-refractivity contribution in [3.05, 3.63) is 63.6 Å². The van der Waals surface area contributed by atoms with E-state index < -0.39 is 0 Å². The molecule has 0 radical (unpaired) electrons. The number of nitrogens with one attached hydrogen (secondary N) is 1. The second-order valence-corrected chi connectivity index (χ2v) is 6.76. The molecule has 2 rings (SSSR count). The number of ether oxygens (including phenoxy) is 1. The highest BCUT2D eigenvalue weighted by molar-refractivity contribution is 9.10. The molecule has 1 N–H and O–H groups in total. The van der Waals surface area contributed by atoms with Gasteiger partial charge in [0, 0.05) is 23.2 Å². The van der Waals surface area contributed by atoms with Crippen LogP contribution in [0.2, 0.25) is 5.02 Å². The molecule has 0 saturated carbocycles. The number of carbonyl (C=O) groups is 2. The van der Waals surface area contributed by atoms with Crippen molar-refractivity contribution in [2.24, 2.45) is 0 Å². The van der Waals surface area contributed by atoms with E-state index in [-0.39, 0.29) is 18.4 Å². The van der Waals surface area contributed by atoms with E-state index in [0.29, 0.717) is 16.5 Å². The fourth-order valence-electron chi connectivity index (χ4n) is 2.17. The molecule has 0 fully saturated rings. The summed E-state index contributed by atoms with van der Waals surface area (Å²) in [5.41, 5.74) is 1.26. The SMILES string of the molecule is COc1ccc(Br)cc1C=CC(=O)N(C)CC(=O)Nc1ccccc1Cl. The van der Waals surface area contributed by atoms with Gasteiger partial charge in [0.2, 0.25) is 11.8 Å². The average Bonchev–Trinajstić information content (AvgIpc) is 2.61. The Balaban J connectivity index is 1.98. The van der Waals surface area contributed by atoms with Crippen molar-refractivity contribution in [3.8, 4) is 5.75 Å². The van der Waals surface area contributed by atoms with Crippen molar-refractivity contribution in [2.45, 2.75) is 0 Å². The van der Waals surface area contributed by atoms with E-state index in [9.17, 15) is 9.59 Å². The Morgan fingerprint density at radius 1 is 1.27 bits per heavy atom. The van der Waals surface area contributed by atoms with Gasteiger partial charge in [0.1, 0.15) is 5.75 Å². The highest BCUT2D eigenvalue weighted by atomic mass is 79.9. The average molecular weight is 438 g/mol. The lowest BCUT2D eigenvalue weighted by Crippen LogP contribution is -2.33. The second kappa shape index (κ2) is 9.40. The van der Waals surface area contributed by atoms with Crippen LogP contribution in [0.4, 0.5) is 5.69 Å². The highest BCUT2D eigenvalue weighted by Crippen LogP contribution is 2.24. The Kier molecular flexibility index (Phi) is 7.24. The number of para-hydroxylation sites is 1. The smallest absolute Gasteiger partial charge is 0.246 e. The highest BCUT2D eigenvalue weighted by Gasteiger charge is 2.12. The molecule has 5 nitrogen and oxygen atoms in total. The van der Waals surface area contributed by atoms with E-state index in [4.69, 9.17) is 16.3 Å². The third-order valence-corrected chi connectivity index (χ3v) is 4.33. The predicted molar refractivity (Wildman–Crippen MR) is 107 cm³/mol. The molecule has 26 heavy (non-hydrogen) atoms. The summed E-state index contributed by atoms with van der Waals surface area (Å²) in [7, 11) is 3.12. The van der Waals surface area contributed by atoms with Crippen LogP contribution >= 0.6 is 27.5 Å². The Bertz CT molecular complexity index is 839. The maximum atomic E-state index is 12.2. The number of rotatable bonds is 6. The van der Waals surface area contributed by atoms with E-state index >= 15 is 0 Å².